The first-order chi connectivity index (χ1) is 9.54. The minimum Gasteiger partial charge on any atom is -0.374 e. The molecule has 0 unspecified atom stereocenters. The van der Waals surface area contributed by atoms with E-state index in [1.165, 1.54) is 23.5 Å². The average Bonchev–Trinajstić information content (AvgIpc) is 2.94. The summed E-state index contributed by atoms with van der Waals surface area (Å²) in [5.41, 5.74) is 6.82. The van der Waals surface area contributed by atoms with E-state index in [1.807, 2.05) is 0 Å². The molecule has 2 heterocycles. The molecule has 0 bridgehead atoms. The fourth-order valence-corrected chi connectivity index (χ4v) is 2.72. The molecule has 8 nitrogen and oxygen atoms in total. The van der Waals surface area contributed by atoms with Crippen molar-refractivity contribution in [3.63, 3.8) is 0 Å². The molecule has 102 valence electrons. The summed E-state index contributed by atoms with van der Waals surface area (Å²) in [5, 5.41) is 19.3. The monoisotopic (exact) mass is 291 g/mol. The van der Waals surface area contributed by atoms with Crippen molar-refractivity contribution in [2.75, 3.05) is 10.6 Å². The Morgan fingerprint density at radius 2 is 2.25 bits per heavy atom. The van der Waals surface area contributed by atoms with Crippen LogP contribution in [0.2, 0.25) is 0 Å². The van der Waals surface area contributed by atoms with E-state index in [4.69, 9.17) is 5.73 Å². The predicted octanol–water partition coefficient (Wildman–Crippen LogP) is 1.12. The smallest absolute Gasteiger partial charge is 0.269 e. The minimum atomic E-state index is -0.473. The summed E-state index contributed by atoms with van der Waals surface area (Å²) in [6.45, 7) is 0.276. The summed E-state index contributed by atoms with van der Waals surface area (Å²) in [6.07, 6.45) is 0.158. The summed E-state index contributed by atoms with van der Waals surface area (Å²) >= 11 is 1.21. The maximum Gasteiger partial charge on any atom is 0.269 e. The van der Waals surface area contributed by atoms with Gasteiger partial charge in [-0.25, -0.2) is 0 Å². The average molecular weight is 291 g/mol. The summed E-state index contributed by atoms with van der Waals surface area (Å²) in [7, 11) is 0. The van der Waals surface area contributed by atoms with Crippen molar-refractivity contribution in [3.8, 4) is 0 Å². The molecule has 1 aromatic heterocycles. The number of nitrogens with zero attached hydrogens (tertiary/aromatic N) is 4. The highest BCUT2D eigenvalue weighted by molar-refractivity contribution is 7.15. The van der Waals surface area contributed by atoms with Gasteiger partial charge in [-0.3, -0.25) is 14.9 Å². The van der Waals surface area contributed by atoms with Crippen molar-refractivity contribution in [1.82, 2.24) is 10.2 Å². The van der Waals surface area contributed by atoms with Crippen LogP contribution in [0.1, 0.15) is 10.6 Å². The molecule has 0 saturated heterocycles. The maximum absolute atomic E-state index is 12.0. The van der Waals surface area contributed by atoms with Gasteiger partial charge >= 0.3 is 0 Å². The summed E-state index contributed by atoms with van der Waals surface area (Å²) in [5.74, 6) is -0.116. The van der Waals surface area contributed by atoms with Gasteiger partial charge in [-0.05, 0) is 11.6 Å². The first kappa shape index (κ1) is 12.5. The van der Waals surface area contributed by atoms with Crippen LogP contribution in [0.5, 0.6) is 0 Å². The number of hydrogen-bond donors (Lipinski definition) is 1. The lowest BCUT2D eigenvalue weighted by atomic mass is 10.1. The van der Waals surface area contributed by atoms with E-state index < -0.39 is 4.92 Å². The molecule has 0 radical (unpaired) electrons. The Labute approximate surface area is 117 Å². The van der Waals surface area contributed by atoms with E-state index in [0.29, 0.717) is 21.4 Å². The number of nitro groups is 1. The number of anilines is 2. The third-order valence-corrected chi connectivity index (χ3v) is 3.72. The van der Waals surface area contributed by atoms with Crippen LogP contribution in [-0.4, -0.2) is 21.0 Å². The number of benzene rings is 1. The van der Waals surface area contributed by atoms with Crippen LogP contribution >= 0.6 is 11.3 Å². The van der Waals surface area contributed by atoms with Crippen molar-refractivity contribution in [2.45, 2.75) is 13.0 Å². The Hall–Kier alpha value is -2.55. The zero-order chi connectivity index (χ0) is 14.3. The van der Waals surface area contributed by atoms with Crippen molar-refractivity contribution in [3.05, 3.63) is 38.9 Å². The molecule has 1 amide bonds. The lowest BCUT2D eigenvalue weighted by Gasteiger charge is -2.15. The number of hydrogen-bond acceptors (Lipinski definition) is 7. The molecule has 0 atom stereocenters. The standard InChI is InChI=1S/C11H9N5O3S/c12-11-14-13-9(20-11)5-15-8-2-1-7(16(18)19)3-6(8)4-10(15)17/h1-3H,4-5H2,(H2,12,14). The molecule has 0 saturated carbocycles. The first-order valence-electron chi connectivity index (χ1n) is 5.70. The number of fused-ring (bicyclic) bond motifs is 1. The summed E-state index contributed by atoms with van der Waals surface area (Å²) in [4.78, 5) is 23.8. The van der Waals surface area contributed by atoms with Crippen LogP contribution in [-0.2, 0) is 17.8 Å². The Balaban J connectivity index is 1.92. The zero-order valence-electron chi connectivity index (χ0n) is 10.1. The highest BCUT2D eigenvalue weighted by Crippen LogP contribution is 2.33. The SMILES string of the molecule is Nc1nnc(CN2C(=O)Cc3cc([N+](=O)[O-])ccc32)s1. The van der Waals surface area contributed by atoms with E-state index in [9.17, 15) is 14.9 Å². The van der Waals surface area contributed by atoms with Gasteiger partial charge in [-0.2, -0.15) is 0 Å². The Morgan fingerprint density at radius 1 is 1.45 bits per heavy atom. The Bertz CT molecular complexity index is 714. The molecule has 0 spiro atoms. The molecule has 2 aromatic rings. The number of nitro benzene ring substituents is 1. The lowest BCUT2D eigenvalue weighted by molar-refractivity contribution is -0.384. The third kappa shape index (κ3) is 2.07. The van der Waals surface area contributed by atoms with Gasteiger partial charge in [-0.15, -0.1) is 10.2 Å². The van der Waals surface area contributed by atoms with Crippen LogP contribution in [0.15, 0.2) is 18.2 Å². The molecule has 1 aliphatic rings. The summed E-state index contributed by atoms with van der Waals surface area (Å²) < 4.78 is 0. The van der Waals surface area contributed by atoms with Crippen LogP contribution in [0.3, 0.4) is 0 Å². The molecule has 1 aromatic carbocycles. The van der Waals surface area contributed by atoms with Crippen molar-refractivity contribution >= 4 is 33.8 Å². The topological polar surface area (TPSA) is 115 Å². The lowest BCUT2D eigenvalue weighted by Crippen LogP contribution is -2.25. The summed E-state index contributed by atoms with van der Waals surface area (Å²) in [6, 6.07) is 4.41. The number of nitrogen functional groups attached to an aromatic ring is 1. The third-order valence-electron chi connectivity index (χ3n) is 2.98. The van der Waals surface area contributed by atoms with Crippen molar-refractivity contribution < 1.29 is 9.72 Å². The van der Waals surface area contributed by atoms with Crippen LogP contribution < -0.4 is 10.6 Å². The molecule has 0 fully saturated rings. The fraction of sp³-hybridized carbons (Fsp3) is 0.182. The highest BCUT2D eigenvalue weighted by Gasteiger charge is 2.29. The van der Waals surface area contributed by atoms with Gasteiger partial charge in [-0.1, -0.05) is 11.3 Å². The first-order valence-corrected chi connectivity index (χ1v) is 6.52. The van der Waals surface area contributed by atoms with Gasteiger partial charge in [0.25, 0.3) is 5.69 Å². The van der Waals surface area contributed by atoms with Crippen molar-refractivity contribution in [1.29, 1.82) is 0 Å². The number of carbonyl (C=O) groups excluding carboxylic acids is 1. The zero-order valence-corrected chi connectivity index (χ0v) is 11.0. The fourth-order valence-electron chi connectivity index (χ4n) is 2.12. The maximum atomic E-state index is 12.0. The van der Waals surface area contributed by atoms with E-state index in [0.717, 1.165) is 0 Å². The van der Waals surface area contributed by atoms with Gasteiger partial charge in [0.2, 0.25) is 11.0 Å². The second-order valence-electron chi connectivity index (χ2n) is 4.26. The van der Waals surface area contributed by atoms with Gasteiger partial charge in [0, 0.05) is 17.8 Å². The van der Waals surface area contributed by atoms with Gasteiger partial charge < -0.3 is 10.6 Å². The molecule has 1 aliphatic heterocycles. The highest BCUT2D eigenvalue weighted by atomic mass is 32.1. The Kier molecular flexibility index (Phi) is 2.83. The molecule has 0 aliphatic carbocycles. The second-order valence-corrected chi connectivity index (χ2v) is 5.35. The number of non-ortho nitro benzene ring substituents is 1. The van der Waals surface area contributed by atoms with E-state index in [-0.39, 0.29) is 24.6 Å². The van der Waals surface area contributed by atoms with Crippen LogP contribution in [0.25, 0.3) is 0 Å². The van der Waals surface area contributed by atoms with E-state index >= 15 is 0 Å². The number of amides is 1. The number of carbonyl (C=O) groups is 1. The second kappa shape index (κ2) is 4.53. The van der Waals surface area contributed by atoms with E-state index in [2.05, 4.69) is 10.2 Å². The Morgan fingerprint density at radius 3 is 2.90 bits per heavy atom. The molecular formula is C11H9N5O3S. The molecule has 9 heteroatoms. The predicted molar refractivity (Wildman–Crippen MR) is 72.3 cm³/mol. The minimum absolute atomic E-state index is 0.0152. The quantitative estimate of drug-likeness (QED) is 0.669. The van der Waals surface area contributed by atoms with Gasteiger partial charge in [0.15, 0.2) is 0 Å². The van der Waals surface area contributed by atoms with Gasteiger partial charge in [0.1, 0.15) is 5.01 Å². The van der Waals surface area contributed by atoms with Crippen molar-refractivity contribution in [2.24, 2.45) is 0 Å². The number of aromatic nitrogens is 2. The molecule has 2 N–H and O–H groups in total. The number of rotatable bonds is 3. The largest absolute Gasteiger partial charge is 0.374 e. The van der Waals surface area contributed by atoms with E-state index in [1.54, 1.807) is 11.0 Å². The molecule has 3 rings (SSSR count). The normalized spacial score (nSPS) is 13.6. The van der Waals surface area contributed by atoms with Gasteiger partial charge in [0.05, 0.1) is 17.9 Å². The van der Waals surface area contributed by atoms with Crippen LogP contribution in [0.4, 0.5) is 16.5 Å². The molecular weight excluding hydrogens is 282 g/mol. The van der Waals surface area contributed by atoms with Crippen LogP contribution in [0, 0.1) is 10.1 Å². The number of nitrogens with two attached hydrogens (primary N) is 1. The molecule has 20 heavy (non-hydrogen) atoms.